The zero-order valence-electron chi connectivity index (χ0n) is 18.8. The number of nitro benzene ring substituents is 1. The minimum Gasteiger partial charge on any atom is -0.495 e. The molecule has 0 bridgehead atoms. The number of ether oxygens (including phenoxy) is 2. The van der Waals surface area contributed by atoms with E-state index in [2.05, 4.69) is 9.88 Å². The number of hydrogen-bond donors (Lipinski definition) is 0. The molecular formula is C22H25ClN4O5S. The van der Waals surface area contributed by atoms with Crippen LogP contribution in [-0.2, 0) is 0 Å². The Balaban J connectivity index is 2.12. The Labute approximate surface area is 200 Å². The number of nitro groups is 1. The topological polar surface area (TPSA) is 98.0 Å². The van der Waals surface area contributed by atoms with Crippen molar-refractivity contribution in [2.24, 2.45) is 0 Å². The van der Waals surface area contributed by atoms with Crippen molar-refractivity contribution < 1.29 is 19.2 Å². The van der Waals surface area contributed by atoms with E-state index in [1.165, 1.54) is 34.4 Å². The number of non-ortho nitro benzene ring substituents is 1. The van der Waals surface area contributed by atoms with Gasteiger partial charge in [0.2, 0.25) is 0 Å². The number of likely N-dealkylation sites (N-methyl/N-ethyl adjacent to an activating group) is 1. The van der Waals surface area contributed by atoms with Gasteiger partial charge in [-0.25, -0.2) is 4.98 Å². The van der Waals surface area contributed by atoms with Crippen molar-refractivity contribution >= 4 is 49.9 Å². The largest absolute Gasteiger partial charge is 0.495 e. The van der Waals surface area contributed by atoms with E-state index in [1.54, 1.807) is 26.4 Å². The zero-order valence-corrected chi connectivity index (χ0v) is 20.4. The quantitative estimate of drug-likeness (QED) is 0.294. The lowest BCUT2D eigenvalue weighted by molar-refractivity contribution is -0.384. The van der Waals surface area contributed by atoms with Crippen LogP contribution < -0.4 is 14.4 Å². The van der Waals surface area contributed by atoms with Gasteiger partial charge in [0.25, 0.3) is 11.6 Å². The van der Waals surface area contributed by atoms with E-state index >= 15 is 0 Å². The maximum Gasteiger partial charge on any atom is 0.270 e. The lowest BCUT2D eigenvalue weighted by Crippen LogP contribution is -2.39. The van der Waals surface area contributed by atoms with Crippen LogP contribution in [0.1, 0.15) is 24.2 Å². The molecule has 1 heterocycles. The summed E-state index contributed by atoms with van der Waals surface area (Å²) in [4.78, 5) is 32.7. The van der Waals surface area contributed by atoms with E-state index in [1.807, 2.05) is 13.8 Å². The summed E-state index contributed by atoms with van der Waals surface area (Å²) in [5.41, 5.74) is 0.408. The lowest BCUT2D eigenvalue weighted by Gasteiger charge is -2.25. The number of nitrogens with zero attached hydrogens (tertiary/aromatic N) is 4. The second-order valence-electron chi connectivity index (χ2n) is 7.05. The fourth-order valence-corrected chi connectivity index (χ4v) is 4.69. The number of fused-ring (bicyclic) bond motifs is 1. The summed E-state index contributed by atoms with van der Waals surface area (Å²) in [6.07, 6.45) is 0. The molecule has 1 amide bonds. The molecule has 0 radical (unpaired) electrons. The minimum absolute atomic E-state index is 0.0450. The highest BCUT2D eigenvalue weighted by Gasteiger charge is 2.27. The lowest BCUT2D eigenvalue weighted by atomic mass is 10.1. The summed E-state index contributed by atoms with van der Waals surface area (Å²) in [7, 11) is 3.11. The molecule has 2 aromatic carbocycles. The average Bonchev–Trinajstić information content (AvgIpc) is 3.26. The van der Waals surface area contributed by atoms with Gasteiger partial charge in [-0.1, -0.05) is 36.8 Å². The van der Waals surface area contributed by atoms with E-state index in [-0.39, 0.29) is 16.3 Å². The number of carbonyl (C=O) groups is 1. The van der Waals surface area contributed by atoms with Gasteiger partial charge in [0, 0.05) is 25.2 Å². The van der Waals surface area contributed by atoms with E-state index in [4.69, 9.17) is 21.1 Å². The summed E-state index contributed by atoms with van der Waals surface area (Å²) in [6.45, 7) is 6.63. The van der Waals surface area contributed by atoms with Gasteiger partial charge in [0.15, 0.2) is 5.13 Å². The van der Waals surface area contributed by atoms with E-state index in [0.29, 0.717) is 35.2 Å². The fraction of sp³-hybridized carbons (Fsp3) is 0.364. The molecule has 9 nitrogen and oxygen atoms in total. The third-order valence-corrected chi connectivity index (χ3v) is 6.72. The number of amides is 1. The van der Waals surface area contributed by atoms with Gasteiger partial charge in [-0.3, -0.25) is 19.8 Å². The van der Waals surface area contributed by atoms with Crippen molar-refractivity contribution in [2.45, 2.75) is 13.8 Å². The zero-order chi connectivity index (χ0) is 24.1. The highest BCUT2D eigenvalue weighted by molar-refractivity contribution is 7.22. The molecule has 0 aliphatic heterocycles. The number of hydrogen-bond acceptors (Lipinski definition) is 8. The number of benzene rings is 2. The Bertz CT molecular complexity index is 1120. The van der Waals surface area contributed by atoms with E-state index in [9.17, 15) is 14.9 Å². The third kappa shape index (κ3) is 5.18. The van der Waals surface area contributed by atoms with Crippen LogP contribution in [0.25, 0.3) is 10.2 Å². The second-order valence-corrected chi connectivity index (χ2v) is 8.43. The molecule has 0 spiro atoms. The molecular weight excluding hydrogens is 468 g/mol. The average molecular weight is 493 g/mol. The Hall–Kier alpha value is -2.95. The first kappa shape index (κ1) is 24.7. The highest BCUT2D eigenvalue weighted by Crippen LogP contribution is 2.40. The molecule has 0 N–H and O–H groups in total. The van der Waals surface area contributed by atoms with Gasteiger partial charge in [0.1, 0.15) is 21.7 Å². The monoisotopic (exact) mass is 492 g/mol. The predicted molar refractivity (Wildman–Crippen MR) is 130 cm³/mol. The molecule has 11 heteroatoms. The molecule has 0 aliphatic rings. The Morgan fingerprint density at radius 3 is 2.39 bits per heavy atom. The molecule has 0 aliphatic carbocycles. The molecule has 0 unspecified atom stereocenters. The van der Waals surface area contributed by atoms with E-state index < -0.39 is 10.8 Å². The second kappa shape index (κ2) is 10.8. The fourth-order valence-electron chi connectivity index (χ4n) is 3.39. The van der Waals surface area contributed by atoms with Crippen LogP contribution in [0.2, 0.25) is 5.02 Å². The van der Waals surface area contributed by atoms with Crippen molar-refractivity contribution in [2.75, 3.05) is 45.3 Å². The number of rotatable bonds is 10. The van der Waals surface area contributed by atoms with Crippen LogP contribution in [0, 0.1) is 10.1 Å². The Morgan fingerprint density at radius 2 is 1.79 bits per heavy atom. The predicted octanol–water partition coefficient (Wildman–Crippen LogP) is 4.86. The van der Waals surface area contributed by atoms with Crippen LogP contribution in [0.5, 0.6) is 11.5 Å². The molecule has 0 saturated heterocycles. The maximum absolute atomic E-state index is 13.6. The van der Waals surface area contributed by atoms with E-state index in [0.717, 1.165) is 17.8 Å². The SMILES string of the molecule is CCN(CC)CCN(C(=O)c1cc([N+](=O)[O-])ccc1Cl)c1nc2c(OC)ccc(OC)c2s1. The summed E-state index contributed by atoms with van der Waals surface area (Å²) in [5.74, 6) is 0.699. The van der Waals surface area contributed by atoms with Crippen LogP contribution >= 0.6 is 22.9 Å². The standard InChI is InChI=1S/C22H25ClN4O5S/c1-5-25(6-2)11-12-26(21(28)15-13-14(27(29)30)7-8-16(15)23)22-24-19-17(31-3)9-10-18(32-4)20(19)33-22/h7-10,13H,5-6,11-12H2,1-4H3. The summed E-state index contributed by atoms with van der Waals surface area (Å²) in [6, 6.07) is 7.36. The van der Waals surface area contributed by atoms with Gasteiger partial charge in [-0.15, -0.1) is 0 Å². The first-order valence-electron chi connectivity index (χ1n) is 10.3. The van der Waals surface area contributed by atoms with Gasteiger partial charge in [-0.2, -0.15) is 0 Å². The van der Waals surface area contributed by atoms with Gasteiger partial charge in [0.05, 0.1) is 29.7 Å². The molecule has 3 aromatic rings. The number of anilines is 1. The first-order chi connectivity index (χ1) is 15.8. The summed E-state index contributed by atoms with van der Waals surface area (Å²) >= 11 is 7.57. The Kier molecular flexibility index (Phi) is 8.06. The number of aromatic nitrogens is 1. The van der Waals surface area contributed by atoms with Crippen molar-refractivity contribution in [3.63, 3.8) is 0 Å². The minimum atomic E-state index is -0.555. The smallest absolute Gasteiger partial charge is 0.270 e. The van der Waals surface area contributed by atoms with Crippen molar-refractivity contribution in [1.82, 2.24) is 9.88 Å². The van der Waals surface area contributed by atoms with Gasteiger partial charge < -0.3 is 14.4 Å². The molecule has 0 fully saturated rings. The molecule has 1 aromatic heterocycles. The molecule has 3 rings (SSSR count). The Morgan fingerprint density at radius 1 is 1.12 bits per heavy atom. The van der Waals surface area contributed by atoms with Crippen LogP contribution in [0.15, 0.2) is 30.3 Å². The molecule has 33 heavy (non-hydrogen) atoms. The van der Waals surface area contributed by atoms with Crippen molar-refractivity contribution in [3.8, 4) is 11.5 Å². The van der Waals surface area contributed by atoms with Gasteiger partial charge >= 0.3 is 0 Å². The number of carbonyl (C=O) groups excluding carboxylic acids is 1. The van der Waals surface area contributed by atoms with Crippen LogP contribution in [0.3, 0.4) is 0 Å². The molecule has 0 atom stereocenters. The molecule has 0 saturated carbocycles. The van der Waals surface area contributed by atoms with Crippen LogP contribution in [0.4, 0.5) is 10.8 Å². The summed E-state index contributed by atoms with van der Waals surface area (Å²) in [5, 5.41) is 11.8. The maximum atomic E-state index is 13.6. The van der Waals surface area contributed by atoms with Crippen molar-refractivity contribution in [3.05, 3.63) is 51.0 Å². The first-order valence-corrected chi connectivity index (χ1v) is 11.5. The molecule has 176 valence electrons. The normalized spacial score (nSPS) is 11.1. The van der Waals surface area contributed by atoms with Crippen molar-refractivity contribution in [1.29, 1.82) is 0 Å². The number of thiazole rings is 1. The highest BCUT2D eigenvalue weighted by atomic mass is 35.5. The van der Waals surface area contributed by atoms with Crippen LogP contribution in [-0.4, -0.2) is 61.1 Å². The third-order valence-electron chi connectivity index (χ3n) is 5.30. The summed E-state index contributed by atoms with van der Waals surface area (Å²) < 4.78 is 11.6. The number of methoxy groups -OCH3 is 2. The number of halogens is 1. The van der Waals surface area contributed by atoms with Gasteiger partial charge in [-0.05, 0) is 31.3 Å².